The van der Waals surface area contributed by atoms with Crippen LogP contribution in [0.2, 0.25) is 0 Å². The second-order valence-electron chi connectivity index (χ2n) is 3.67. The summed E-state index contributed by atoms with van der Waals surface area (Å²) in [5.74, 6) is 0.0734. The molecule has 0 spiro atoms. The van der Waals surface area contributed by atoms with E-state index < -0.39 is 0 Å². The highest BCUT2D eigenvalue weighted by atomic mass is 16.1. The Hall–Kier alpha value is -1.77. The molecular weight excluding hydrogens is 200 g/mol. The number of rotatable bonds is 6. The molecule has 0 atom stereocenters. The van der Waals surface area contributed by atoms with Crippen molar-refractivity contribution in [1.82, 2.24) is 5.32 Å². The zero-order chi connectivity index (χ0) is 11.8. The molecule has 0 aliphatic carbocycles. The van der Waals surface area contributed by atoms with E-state index in [1.807, 2.05) is 24.3 Å². The highest BCUT2D eigenvalue weighted by molar-refractivity contribution is 5.76. The van der Waals surface area contributed by atoms with Crippen LogP contribution in [-0.2, 0) is 11.2 Å². The summed E-state index contributed by atoms with van der Waals surface area (Å²) in [5, 5.41) is 2.83. The van der Waals surface area contributed by atoms with E-state index in [-0.39, 0.29) is 5.91 Å². The monoisotopic (exact) mass is 218 g/mol. The molecule has 3 nitrogen and oxygen atoms in total. The Bertz CT molecular complexity index is 361. The molecule has 0 bridgehead atoms. The topological polar surface area (TPSA) is 55.1 Å². The molecule has 3 N–H and O–H groups in total. The first-order valence-electron chi connectivity index (χ1n) is 5.44. The van der Waals surface area contributed by atoms with Crippen molar-refractivity contribution in [3.05, 3.63) is 42.5 Å². The van der Waals surface area contributed by atoms with Crippen LogP contribution in [-0.4, -0.2) is 12.5 Å². The maximum atomic E-state index is 11.4. The second-order valence-corrected chi connectivity index (χ2v) is 3.67. The van der Waals surface area contributed by atoms with Crippen molar-refractivity contribution in [2.75, 3.05) is 12.3 Å². The van der Waals surface area contributed by atoms with Crippen molar-refractivity contribution >= 4 is 11.6 Å². The zero-order valence-electron chi connectivity index (χ0n) is 9.41. The summed E-state index contributed by atoms with van der Waals surface area (Å²) in [5.41, 5.74) is 7.49. The fourth-order valence-electron chi connectivity index (χ4n) is 1.41. The van der Waals surface area contributed by atoms with Crippen molar-refractivity contribution in [3.8, 4) is 0 Å². The molecule has 16 heavy (non-hydrogen) atoms. The van der Waals surface area contributed by atoms with Gasteiger partial charge >= 0.3 is 0 Å². The number of benzene rings is 1. The van der Waals surface area contributed by atoms with Gasteiger partial charge in [-0.1, -0.05) is 18.2 Å². The average molecular weight is 218 g/mol. The minimum Gasteiger partial charge on any atom is -0.399 e. The number of carbonyl (C=O) groups excluding carboxylic acids is 1. The van der Waals surface area contributed by atoms with E-state index in [2.05, 4.69) is 11.9 Å². The SMILES string of the molecule is C=CCCNC(=O)CCc1cccc(N)c1. The minimum atomic E-state index is 0.0734. The average Bonchev–Trinajstić information content (AvgIpc) is 2.27. The van der Waals surface area contributed by atoms with Gasteiger partial charge in [-0.3, -0.25) is 4.79 Å². The lowest BCUT2D eigenvalue weighted by molar-refractivity contribution is -0.121. The molecule has 0 heterocycles. The van der Waals surface area contributed by atoms with Crippen molar-refractivity contribution in [3.63, 3.8) is 0 Å². The summed E-state index contributed by atoms with van der Waals surface area (Å²) in [6.07, 6.45) is 3.83. The third kappa shape index (κ3) is 4.64. The van der Waals surface area contributed by atoms with E-state index in [9.17, 15) is 4.79 Å². The predicted octanol–water partition coefficient (Wildman–Crippen LogP) is 1.89. The van der Waals surface area contributed by atoms with Crippen molar-refractivity contribution in [2.45, 2.75) is 19.3 Å². The minimum absolute atomic E-state index is 0.0734. The third-order valence-electron chi connectivity index (χ3n) is 2.26. The summed E-state index contributed by atoms with van der Waals surface area (Å²) in [7, 11) is 0. The van der Waals surface area contributed by atoms with E-state index in [4.69, 9.17) is 5.73 Å². The summed E-state index contributed by atoms with van der Waals surface area (Å²) in [6.45, 7) is 4.26. The van der Waals surface area contributed by atoms with E-state index >= 15 is 0 Å². The molecule has 1 rings (SSSR count). The van der Waals surface area contributed by atoms with E-state index in [0.717, 1.165) is 24.1 Å². The molecule has 1 amide bonds. The first-order chi connectivity index (χ1) is 7.72. The quantitative estimate of drug-likeness (QED) is 0.435. The first-order valence-corrected chi connectivity index (χ1v) is 5.44. The number of anilines is 1. The second kappa shape index (κ2) is 6.67. The van der Waals surface area contributed by atoms with E-state index in [1.54, 1.807) is 6.08 Å². The molecule has 0 aliphatic heterocycles. The van der Waals surface area contributed by atoms with Crippen LogP contribution in [0, 0.1) is 0 Å². The van der Waals surface area contributed by atoms with E-state index in [0.29, 0.717) is 13.0 Å². The Labute approximate surface area is 96.3 Å². The van der Waals surface area contributed by atoms with Crippen molar-refractivity contribution < 1.29 is 4.79 Å². The van der Waals surface area contributed by atoms with Crippen LogP contribution in [0.15, 0.2) is 36.9 Å². The van der Waals surface area contributed by atoms with Gasteiger partial charge in [-0.2, -0.15) is 0 Å². The molecule has 0 aliphatic rings. The van der Waals surface area contributed by atoms with Gasteiger partial charge < -0.3 is 11.1 Å². The number of nitrogens with two attached hydrogens (primary N) is 1. The fourth-order valence-corrected chi connectivity index (χ4v) is 1.41. The van der Waals surface area contributed by atoms with Crippen molar-refractivity contribution in [2.24, 2.45) is 0 Å². The number of hydrogen-bond acceptors (Lipinski definition) is 2. The molecule has 0 saturated carbocycles. The summed E-state index contributed by atoms with van der Waals surface area (Å²) >= 11 is 0. The standard InChI is InChI=1S/C13H18N2O/c1-2-3-9-15-13(16)8-7-11-5-4-6-12(14)10-11/h2,4-6,10H,1,3,7-9,14H2,(H,15,16). The normalized spacial score (nSPS) is 9.75. The highest BCUT2D eigenvalue weighted by Gasteiger charge is 2.01. The lowest BCUT2D eigenvalue weighted by atomic mass is 10.1. The van der Waals surface area contributed by atoms with Gasteiger partial charge in [0.1, 0.15) is 0 Å². The maximum Gasteiger partial charge on any atom is 0.220 e. The molecule has 1 aromatic carbocycles. The van der Waals surface area contributed by atoms with Crippen LogP contribution in [0.25, 0.3) is 0 Å². The summed E-state index contributed by atoms with van der Waals surface area (Å²) in [6, 6.07) is 7.62. The lowest BCUT2D eigenvalue weighted by Crippen LogP contribution is -2.24. The van der Waals surface area contributed by atoms with Gasteiger partial charge in [0.05, 0.1) is 0 Å². The number of carbonyl (C=O) groups is 1. The molecule has 0 radical (unpaired) electrons. The number of nitrogen functional groups attached to an aromatic ring is 1. The van der Waals surface area contributed by atoms with Gasteiger partial charge in [-0.25, -0.2) is 0 Å². The van der Waals surface area contributed by atoms with Gasteiger partial charge in [0.15, 0.2) is 0 Å². The Morgan fingerprint density at radius 2 is 2.31 bits per heavy atom. The molecule has 0 saturated heterocycles. The van der Waals surface area contributed by atoms with E-state index in [1.165, 1.54) is 0 Å². The van der Waals surface area contributed by atoms with Gasteiger partial charge in [0.25, 0.3) is 0 Å². The molecule has 1 aromatic rings. The molecule has 0 fully saturated rings. The van der Waals surface area contributed by atoms with Gasteiger partial charge in [-0.15, -0.1) is 6.58 Å². The van der Waals surface area contributed by atoms with Crippen LogP contribution < -0.4 is 11.1 Å². The Morgan fingerprint density at radius 3 is 3.00 bits per heavy atom. The van der Waals surface area contributed by atoms with Crippen LogP contribution >= 0.6 is 0 Å². The van der Waals surface area contributed by atoms with Crippen molar-refractivity contribution in [1.29, 1.82) is 0 Å². The summed E-state index contributed by atoms with van der Waals surface area (Å²) in [4.78, 5) is 11.4. The molecule has 0 aromatic heterocycles. The number of aryl methyl sites for hydroxylation is 1. The number of amides is 1. The molecule has 0 unspecified atom stereocenters. The van der Waals surface area contributed by atoms with Crippen LogP contribution in [0.5, 0.6) is 0 Å². The molecule has 3 heteroatoms. The van der Waals surface area contributed by atoms with Crippen LogP contribution in [0.3, 0.4) is 0 Å². The molecular formula is C13H18N2O. The third-order valence-corrected chi connectivity index (χ3v) is 2.26. The Kier molecular flexibility index (Phi) is 5.12. The number of hydrogen-bond donors (Lipinski definition) is 2. The Morgan fingerprint density at radius 1 is 1.50 bits per heavy atom. The zero-order valence-corrected chi connectivity index (χ0v) is 9.41. The fraction of sp³-hybridized carbons (Fsp3) is 0.308. The molecule has 86 valence electrons. The predicted molar refractivity (Wildman–Crippen MR) is 67.0 cm³/mol. The summed E-state index contributed by atoms with van der Waals surface area (Å²) < 4.78 is 0. The largest absolute Gasteiger partial charge is 0.399 e. The van der Waals surface area contributed by atoms with Gasteiger partial charge in [-0.05, 0) is 30.5 Å². The van der Waals surface area contributed by atoms with Gasteiger partial charge in [0.2, 0.25) is 5.91 Å². The first kappa shape index (κ1) is 12.3. The number of nitrogens with one attached hydrogen (secondary N) is 1. The maximum absolute atomic E-state index is 11.4. The highest BCUT2D eigenvalue weighted by Crippen LogP contribution is 2.08. The lowest BCUT2D eigenvalue weighted by Gasteiger charge is -2.04. The smallest absolute Gasteiger partial charge is 0.220 e. The van der Waals surface area contributed by atoms with Crippen LogP contribution in [0.1, 0.15) is 18.4 Å². The van der Waals surface area contributed by atoms with Crippen LogP contribution in [0.4, 0.5) is 5.69 Å². The van der Waals surface area contributed by atoms with Gasteiger partial charge in [0, 0.05) is 18.7 Å². The Balaban J connectivity index is 2.28.